The lowest BCUT2D eigenvalue weighted by molar-refractivity contribution is -0.138. The molecule has 0 radical (unpaired) electrons. The maximum Gasteiger partial charge on any atom is 0.225 e. The summed E-state index contributed by atoms with van der Waals surface area (Å²) >= 11 is 0. The van der Waals surface area contributed by atoms with E-state index in [4.69, 9.17) is 18.9 Å². The molecule has 3 rings (SSSR count). The fourth-order valence-corrected chi connectivity index (χ4v) is 4.44. The van der Waals surface area contributed by atoms with Crippen LogP contribution < -0.4 is 18.9 Å². The van der Waals surface area contributed by atoms with E-state index in [1.807, 2.05) is 4.90 Å². The standard InChI is InChI=1S/C23H36N2O6/c1-28-20-13-19(14-21(29-2)22(20)30-3)31-16-18(26)15-24-9-11-25(12-10-24)23(27)17-7-5-4-6-8-17/h13-14,17-18,26H,4-12,15-16H2,1-3H3. The highest BCUT2D eigenvalue weighted by Gasteiger charge is 2.29. The van der Waals surface area contributed by atoms with Crippen LogP contribution in [0, 0.1) is 5.92 Å². The highest BCUT2D eigenvalue weighted by molar-refractivity contribution is 5.79. The van der Waals surface area contributed by atoms with Gasteiger partial charge in [0.1, 0.15) is 18.5 Å². The Bertz CT molecular complexity index is 689. The third kappa shape index (κ3) is 6.17. The normalized spacial score (nSPS) is 19.0. The molecule has 1 amide bonds. The summed E-state index contributed by atoms with van der Waals surface area (Å²) in [6.07, 6.45) is 5.04. The van der Waals surface area contributed by atoms with E-state index in [1.165, 1.54) is 19.3 Å². The van der Waals surface area contributed by atoms with E-state index in [9.17, 15) is 9.90 Å². The summed E-state index contributed by atoms with van der Waals surface area (Å²) in [4.78, 5) is 16.9. The average Bonchev–Trinajstić information content (AvgIpc) is 2.82. The van der Waals surface area contributed by atoms with E-state index in [-0.39, 0.29) is 12.5 Å². The number of carbonyl (C=O) groups is 1. The Morgan fingerprint density at radius 2 is 1.61 bits per heavy atom. The summed E-state index contributed by atoms with van der Waals surface area (Å²) in [6.45, 7) is 3.68. The minimum atomic E-state index is -0.639. The Morgan fingerprint density at radius 1 is 1.00 bits per heavy atom. The number of carbonyl (C=O) groups excluding carboxylic acids is 1. The van der Waals surface area contributed by atoms with Crippen molar-refractivity contribution in [3.05, 3.63) is 12.1 Å². The first-order chi connectivity index (χ1) is 15.0. The van der Waals surface area contributed by atoms with E-state index in [1.54, 1.807) is 33.5 Å². The molecule has 174 valence electrons. The maximum atomic E-state index is 12.7. The molecular weight excluding hydrogens is 400 g/mol. The van der Waals surface area contributed by atoms with Crippen molar-refractivity contribution in [3.63, 3.8) is 0 Å². The molecule has 1 unspecified atom stereocenters. The van der Waals surface area contributed by atoms with Gasteiger partial charge in [-0.05, 0) is 12.8 Å². The first-order valence-corrected chi connectivity index (χ1v) is 11.2. The number of nitrogens with zero attached hydrogens (tertiary/aromatic N) is 2. The van der Waals surface area contributed by atoms with E-state index < -0.39 is 6.10 Å². The summed E-state index contributed by atoms with van der Waals surface area (Å²) in [5.41, 5.74) is 0. The molecule has 1 aromatic carbocycles. The van der Waals surface area contributed by atoms with Crippen molar-refractivity contribution in [3.8, 4) is 23.0 Å². The molecule has 8 heteroatoms. The van der Waals surface area contributed by atoms with Crippen LogP contribution in [0.15, 0.2) is 12.1 Å². The van der Waals surface area contributed by atoms with Gasteiger partial charge in [-0.15, -0.1) is 0 Å². The number of rotatable bonds is 9. The SMILES string of the molecule is COc1cc(OCC(O)CN2CCN(C(=O)C3CCCCC3)CC2)cc(OC)c1OC. The molecule has 1 saturated heterocycles. The number of ether oxygens (including phenoxy) is 4. The Morgan fingerprint density at radius 3 is 2.16 bits per heavy atom. The van der Waals surface area contributed by atoms with Gasteiger partial charge in [-0.2, -0.15) is 0 Å². The van der Waals surface area contributed by atoms with Gasteiger partial charge in [-0.25, -0.2) is 0 Å². The largest absolute Gasteiger partial charge is 0.493 e. The molecule has 1 aromatic rings. The lowest BCUT2D eigenvalue weighted by atomic mass is 9.88. The van der Waals surface area contributed by atoms with E-state index in [0.29, 0.717) is 35.4 Å². The summed E-state index contributed by atoms with van der Waals surface area (Å²) < 4.78 is 21.8. The molecule has 1 N–H and O–H groups in total. The van der Waals surface area contributed by atoms with Gasteiger partial charge in [0.25, 0.3) is 0 Å². The second kappa shape index (κ2) is 11.4. The van der Waals surface area contributed by atoms with Crippen LogP contribution in [0.2, 0.25) is 0 Å². The number of benzene rings is 1. The number of aliphatic hydroxyl groups is 1. The van der Waals surface area contributed by atoms with Gasteiger partial charge in [-0.3, -0.25) is 9.69 Å². The molecule has 0 aromatic heterocycles. The molecule has 2 fully saturated rings. The van der Waals surface area contributed by atoms with Crippen molar-refractivity contribution in [1.29, 1.82) is 0 Å². The Labute approximate surface area is 185 Å². The van der Waals surface area contributed by atoms with E-state index >= 15 is 0 Å². The first-order valence-electron chi connectivity index (χ1n) is 11.2. The zero-order chi connectivity index (χ0) is 22.2. The number of methoxy groups -OCH3 is 3. The van der Waals surface area contributed by atoms with Crippen molar-refractivity contribution in [2.45, 2.75) is 38.2 Å². The van der Waals surface area contributed by atoms with E-state index in [2.05, 4.69) is 4.90 Å². The van der Waals surface area contributed by atoms with Gasteiger partial charge in [0, 0.05) is 50.8 Å². The predicted octanol–water partition coefficient (Wildman–Crippen LogP) is 2.18. The summed E-state index contributed by atoms with van der Waals surface area (Å²) in [6, 6.07) is 3.42. The molecule has 2 aliphatic rings. The highest BCUT2D eigenvalue weighted by atomic mass is 16.5. The quantitative estimate of drug-likeness (QED) is 0.635. The van der Waals surface area contributed by atoms with Gasteiger partial charge in [-0.1, -0.05) is 19.3 Å². The highest BCUT2D eigenvalue weighted by Crippen LogP contribution is 2.40. The number of hydrogen-bond donors (Lipinski definition) is 1. The number of amides is 1. The monoisotopic (exact) mass is 436 g/mol. The molecule has 1 heterocycles. The maximum absolute atomic E-state index is 12.7. The van der Waals surface area contributed by atoms with Crippen molar-refractivity contribution < 1.29 is 28.8 Å². The van der Waals surface area contributed by atoms with Crippen molar-refractivity contribution in [1.82, 2.24) is 9.80 Å². The van der Waals surface area contributed by atoms with Crippen LogP contribution in [0.25, 0.3) is 0 Å². The summed E-state index contributed by atoms with van der Waals surface area (Å²) in [7, 11) is 4.65. The van der Waals surface area contributed by atoms with Gasteiger partial charge in [0.15, 0.2) is 11.5 Å². The summed E-state index contributed by atoms with van der Waals surface area (Å²) in [5, 5.41) is 10.5. The lowest BCUT2D eigenvalue weighted by Gasteiger charge is -2.37. The van der Waals surface area contributed by atoms with E-state index in [0.717, 1.165) is 39.0 Å². The number of piperazine rings is 1. The lowest BCUT2D eigenvalue weighted by Crippen LogP contribution is -2.52. The Hall–Kier alpha value is -2.19. The minimum absolute atomic E-state index is 0.153. The molecule has 1 saturated carbocycles. The van der Waals surface area contributed by atoms with Crippen LogP contribution in [0.1, 0.15) is 32.1 Å². The molecule has 1 aliphatic carbocycles. The molecule has 1 atom stereocenters. The van der Waals surface area contributed by atoms with Crippen molar-refractivity contribution in [2.75, 3.05) is 60.7 Å². The topological polar surface area (TPSA) is 80.7 Å². The zero-order valence-corrected chi connectivity index (χ0v) is 19.0. The second-order valence-corrected chi connectivity index (χ2v) is 8.29. The van der Waals surface area contributed by atoms with Crippen LogP contribution in [0.4, 0.5) is 0 Å². The van der Waals surface area contributed by atoms with Crippen molar-refractivity contribution >= 4 is 5.91 Å². The number of β-amino-alcohol motifs (C(OH)–C–C–N with tert-alkyl or cyclic N) is 1. The van der Waals surface area contributed by atoms with Crippen LogP contribution in [0.3, 0.4) is 0 Å². The van der Waals surface area contributed by atoms with Crippen LogP contribution in [-0.2, 0) is 4.79 Å². The van der Waals surface area contributed by atoms with Crippen LogP contribution in [0.5, 0.6) is 23.0 Å². The van der Waals surface area contributed by atoms with Crippen LogP contribution >= 0.6 is 0 Å². The van der Waals surface area contributed by atoms with Gasteiger partial charge >= 0.3 is 0 Å². The van der Waals surface area contributed by atoms with Gasteiger partial charge in [0.05, 0.1) is 21.3 Å². The smallest absolute Gasteiger partial charge is 0.225 e. The fourth-order valence-electron chi connectivity index (χ4n) is 4.44. The zero-order valence-electron chi connectivity index (χ0n) is 19.0. The second-order valence-electron chi connectivity index (χ2n) is 8.29. The molecule has 1 aliphatic heterocycles. The molecule has 0 spiro atoms. The third-order valence-electron chi connectivity index (χ3n) is 6.19. The van der Waals surface area contributed by atoms with Gasteiger partial charge < -0.3 is 29.0 Å². The number of aliphatic hydroxyl groups excluding tert-OH is 1. The molecular formula is C23H36N2O6. The first kappa shape index (κ1) is 23.5. The minimum Gasteiger partial charge on any atom is -0.493 e. The average molecular weight is 437 g/mol. The van der Waals surface area contributed by atoms with Gasteiger partial charge in [0.2, 0.25) is 11.7 Å². The molecule has 31 heavy (non-hydrogen) atoms. The van der Waals surface area contributed by atoms with Crippen molar-refractivity contribution in [2.24, 2.45) is 5.92 Å². The van der Waals surface area contributed by atoms with Crippen LogP contribution in [-0.4, -0.2) is 87.6 Å². The number of hydrogen-bond acceptors (Lipinski definition) is 7. The predicted molar refractivity (Wildman–Crippen MR) is 117 cm³/mol. The third-order valence-corrected chi connectivity index (χ3v) is 6.19. The summed E-state index contributed by atoms with van der Waals surface area (Å²) in [5.74, 6) is 2.59. The molecule has 0 bridgehead atoms. The Balaban J connectivity index is 1.44. The Kier molecular flexibility index (Phi) is 8.66. The fraction of sp³-hybridized carbons (Fsp3) is 0.696. The molecule has 8 nitrogen and oxygen atoms in total.